The maximum atomic E-state index is 10.5. The van der Waals surface area contributed by atoms with Crippen molar-refractivity contribution in [3.05, 3.63) is 30.0 Å². The molecule has 1 aromatic heterocycles. The summed E-state index contributed by atoms with van der Waals surface area (Å²) < 4.78 is 1.99. The van der Waals surface area contributed by atoms with Crippen LogP contribution in [0.15, 0.2) is 29.2 Å². The van der Waals surface area contributed by atoms with Gasteiger partial charge in [0.05, 0.1) is 5.69 Å². The van der Waals surface area contributed by atoms with Gasteiger partial charge in [-0.25, -0.2) is 0 Å². The molecule has 0 atom stereocenters. The van der Waals surface area contributed by atoms with E-state index in [9.17, 15) is 5.11 Å². The summed E-state index contributed by atoms with van der Waals surface area (Å²) in [5.41, 5.74) is 2.49. The van der Waals surface area contributed by atoms with E-state index < -0.39 is 0 Å². The maximum Gasteiger partial charge on any atom is 0.164 e. The minimum atomic E-state index is 0.112. The van der Waals surface area contributed by atoms with E-state index in [0.29, 0.717) is 5.69 Å². The summed E-state index contributed by atoms with van der Waals surface area (Å²) >= 11 is 1.79. The molecule has 0 unspecified atom stereocenters. The van der Waals surface area contributed by atoms with E-state index in [-0.39, 0.29) is 16.5 Å². The van der Waals surface area contributed by atoms with Crippen LogP contribution in [0.5, 0.6) is 5.75 Å². The first-order valence-electron chi connectivity index (χ1n) is 7.27. The van der Waals surface area contributed by atoms with Crippen LogP contribution in [0.25, 0.3) is 11.3 Å². The molecule has 2 aromatic rings. The van der Waals surface area contributed by atoms with Gasteiger partial charge in [-0.1, -0.05) is 39.0 Å². The van der Waals surface area contributed by atoms with Crippen LogP contribution in [0.3, 0.4) is 0 Å². The van der Waals surface area contributed by atoms with Crippen LogP contribution in [-0.4, -0.2) is 19.6 Å². The highest BCUT2D eigenvalue weighted by Gasteiger charge is 2.21. The Kier molecular flexibility index (Phi) is 4.38. The van der Waals surface area contributed by atoms with Crippen molar-refractivity contribution >= 4 is 11.8 Å². The van der Waals surface area contributed by atoms with Gasteiger partial charge in [-0.3, -0.25) is 4.68 Å². The summed E-state index contributed by atoms with van der Waals surface area (Å²) in [7, 11) is 0. The molecule has 0 aliphatic carbocycles. The van der Waals surface area contributed by atoms with E-state index in [2.05, 4.69) is 45.8 Å². The zero-order valence-corrected chi connectivity index (χ0v) is 14.5. The topological polar surface area (TPSA) is 38.1 Å². The fourth-order valence-electron chi connectivity index (χ4n) is 2.28. The molecule has 114 valence electrons. The molecule has 0 aliphatic rings. The lowest BCUT2D eigenvalue weighted by atomic mass is 10.1. The first-order valence-corrected chi connectivity index (χ1v) is 8.09. The third-order valence-corrected chi connectivity index (χ3v) is 4.35. The Bertz CT molecular complexity index is 639. The molecule has 1 aromatic carbocycles. The van der Waals surface area contributed by atoms with Crippen LogP contribution < -0.4 is 0 Å². The van der Waals surface area contributed by atoms with Gasteiger partial charge in [0.15, 0.2) is 5.75 Å². The molecular formula is C17H24N2OS. The van der Waals surface area contributed by atoms with E-state index in [0.717, 1.165) is 16.2 Å². The van der Waals surface area contributed by atoms with Crippen LogP contribution in [0.1, 0.15) is 46.4 Å². The number of thioether (sulfide) groups is 1. The molecule has 0 saturated carbocycles. The molecule has 0 fully saturated rings. The first-order chi connectivity index (χ1) is 9.70. The van der Waals surface area contributed by atoms with Crippen molar-refractivity contribution in [2.24, 2.45) is 0 Å². The van der Waals surface area contributed by atoms with E-state index in [1.165, 1.54) is 0 Å². The van der Waals surface area contributed by atoms with Crippen LogP contribution in [0, 0.1) is 6.92 Å². The molecule has 1 N–H and O–H groups in total. The number of aromatic hydroxyl groups is 1. The van der Waals surface area contributed by atoms with Crippen molar-refractivity contribution in [1.29, 1.82) is 0 Å². The molecule has 0 saturated heterocycles. The Balaban J connectivity index is 2.55. The van der Waals surface area contributed by atoms with E-state index >= 15 is 0 Å². The lowest BCUT2D eigenvalue weighted by molar-refractivity contribution is 0.461. The van der Waals surface area contributed by atoms with Crippen molar-refractivity contribution < 1.29 is 5.11 Å². The van der Waals surface area contributed by atoms with Crippen LogP contribution in [-0.2, 0) is 0 Å². The summed E-state index contributed by atoms with van der Waals surface area (Å²) in [5, 5.41) is 15.1. The van der Waals surface area contributed by atoms with Gasteiger partial charge in [0.25, 0.3) is 0 Å². The molecule has 2 rings (SSSR count). The number of nitrogens with zero attached hydrogens (tertiary/aromatic N) is 2. The average molecular weight is 304 g/mol. The Morgan fingerprint density at radius 2 is 1.81 bits per heavy atom. The second-order valence-electron chi connectivity index (χ2n) is 6.53. The Morgan fingerprint density at radius 3 is 2.33 bits per heavy atom. The van der Waals surface area contributed by atoms with Crippen LogP contribution in [0.4, 0.5) is 0 Å². The number of hydrogen-bond donors (Lipinski definition) is 1. The highest BCUT2D eigenvalue weighted by molar-refractivity contribution is 8.00. The smallest absolute Gasteiger partial charge is 0.164 e. The summed E-state index contributed by atoms with van der Waals surface area (Å²) in [4.78, 5) is 1.15. The largest absolute Gasteiger partial charge is 0.504 e. The van der Waals surface area contributed by atoms with Gasteiger partial charge >= 0.3 is 0 Å². The van der Waals surface area contributed by atoms with Gasteiger partial charge in [-0.2, -0.15) is 5.10 Å². The minimum Gasteiger partial charge on any atom is -0.504 e. The molecule has 0 aliphatic heterocycles. The van der Waals surface area contributed by atoms with Gasteiger partial charge < -0.3 is 5.11 Å². The summed E-state index contributed by atoms with van der Waals surface area (Å²) in [6.45, 7) is 12.6. The zero-order valence-electron chi connectivity index (χ0n) is 13.6. The van der Waals surface area contributed by atoms with Crippen molar-refractivity contribution in [3.63, 3.8) is 0 Å². The molecule has 21 heavy (non-hydrogen) atoms. The second-order valence-corrected chi connectivity index (χ2v) is 8.40. The van der Waals surface area contributed by atoms with Crippen molar-refractivity contribution in [1.82, 2.24) is 9.78 Å². The van der Waals surface area contributed by atoms with Crippen molar-refractivity contribution in [3.8, 4) is 17.0 Å². The average Bonchev–Trinajstić information content (AvgIpc) is 2.65. The molecule has 0 radical (unpaired) electrons. The predicted octanol–water partition coefficient (Wildman–Crippen LogP) is 5.04. The summed E-state index contributed by atoms with van der Waals surface area (Å²) in [5.74, 6) is 0.283. The molecular weight excluding hydrogens is 280 g/mol. The molecule has 0 amide bonds. The number of benzene rings is 1. The van der Waals surface area contributed by atoms with E-state index in [4.69, 9.17) is 0 Å². The SMILES string of the molecule is Cc1c(O)c(-c2ccccc2SC(C)(C)C)nn1C(C)C. The van der Waals surface area contributed by atoms with E-state index in [1.807, 2.05) is 29.8 Å². The summed E-state index contributed by atoms with van der Waals surface area (Å²) in [6, 6.07) is 8.37. The van der Waals surface area contributed by atoms with Gasteiger partial charge in [-0.05, 0) is 26.8 Å². The molecule has 4 heteroatoms. The van der Waals surface area contributed by atoms with Crippen LogP contribution in [0.2, 0.25) is 0 Å². The Morgan fingerprint density at radius 1 is 1.19 bits per heavy atom. The predicted molar refractivity (Wildman–Crippen MR) is 90.1 cm³/mol. The van der Waals surface area contributed by atoms with Gasteiger partial charge in [0.2, 0.25) is 0 Å². The minimum absolute atomic E-state index is 0.112. The van der Waals surface area contributed by atoms with Crippen molar-refractivity contribution in [2.45, 2.75) is 57.2 Å². The van der Waals surface area contributed by atoms with Crippen molar-refractivity contribution in [2.75, 3.05) is 0 Å². The standard InChI is InChI=1S/C17H24N2OS/c1-11(2)19-12(3)16(20)15(18-19)13-9-7-8-10-14(13)21-17(4,5)6/h7-11,20H,1-6H3. The Labute approximate surface area is 131 Å². The Hall–Kier alpha value is -1.42. The third-order valence-electron chi connectivity index (χ3n) is 3.17. The number of aromatic nitrogens is 2. The second kappa shape index (κ2) is 5.76. The molecule has 0 bridgehead atoms. The van der Waals surface area contributed by atoms with Crippen LogP contribution >= 0.6 is 11.8 Å². The number of rotatable bonds is 3. The highest BCUT2D eigenvalue weighted by atomic mass is 32.2. The number of hydrogen-bond acceptors (Lipinski definition) is 3. The summed E-state index contributed by atoms with van der Waals surface area (Å²) in [6.07, 6.45) is 0. The maximum absolute atomic E-state index is 10.5. The third kappa shape index (κ3) is 3.43. The highest BCUT2D eigenvalue weighted by Crippen LogP contribution is 2.41. The molecule has 3 nitrogen and oxygen atoms in total. The zero-order chi connectivity index (χ0) is 15.8. The van der Waals surface area contributed by atoms with Gasteiger partial charge in [-0.15, -0.1) is 11.8 Å². The van der Waals surface area contributed by atoms with Gasteiger partial charge in [0.1, 0.15) is 5.69 Å². The molecule has 0 spiro atoms. The lowest BCUT2D eigenvalue weighted by Gasteiger charge is -2.19. The first kappa shape index (κ1) is 16.0. The fraction of sp³-hybridized carbons (Fsp3) is 0.471. The fourth-order valence-corrected chi connectivity index (χ4v) is 3.36. The van der Waals surface area contributed by atoms with E-state index in [1.54, 1.807) is 11.8 Å². The molecule has 1 heterocycles. The lowest BCUT2D eigenvalue weighted by Crippen LogP contribution is -2.07. The van der Waals surface area contributed by atoms with Gasteiger partial charge in [0, 0.05) is 21.2 Å². The quantitative estimate of drug-likeness (QED) is 0.808. The monoisotopic (exact) mass is 304 g/mol. The normalized spacial score (nSPS) is 12.1.